The number of hydrogen-bond donors (Lipinski definition) is 1. The number of aromatic nitrogens is 2. The van der Waals surface area contributed by atoms with E-state index < -0.39 is 4.92 Å². The summed E-state index contributed by atoms with van der Waals surface area (Å²) in [6.07, 6.45) is 2.32. The quantitative estimate of drug-likeness (QED) is 0.659. The number of nitrogens with one attached hydrogen (secondary N) is 1. The molecule has 0 radical (unpaired) electrons. The van der Waals surface area contributed by atoms with Crippen LogP contribution in [0.3, 0.4) is 0 Å². The molecular formula is C11H12N4O3. The van der Waals surface area contributed by atoms with Gasteiger partial charge in [0.1, 0.15) is 23.9 Å². The Morgan fingerprint density at radius 3 is 2.56 bits per heavy atom. The smallest absolute Gasteiger partial charge is 0.305 e. The average molecular weight is 248 g/mol. The third-order valence-electron chi connectivity index (χ3n) is 2.38. The van der Waals surface area contributed by atoms with Crippen LogP contribution in [0.5, 0.6) is 0 Å². The third-order valence-corrected chi connectivity index (χ3v) is 2.38. The molecule has 0 saturated carbocycles. The fraction of sp³-hybridized carbons (Fsp3) is 0.273. The van der Waals surface area contributed by atoms with Crippen molar-refractivity contribution in [3.8, 4) is 0 Å². The lowest BCUT2D eigenvalue weighted by atomic mass is 10.2. The minimum Gasteiger partial charge on any atom is -0.464 e. The monoisotopic (exact) mass is 248 g/mol. The fourth-order valence-electron chi connectivity index (χ4n) is 1.44. The summed E-state index contributed by atoms with van der Waals surface area (Å²) in [5, 5.41) is 13.4. The van der Waals surface area contributed by atoms with Gasteiger partial charge in [-0.15, -0.1) is 0 Å². The highest BCUT2D eigenvalue weighted by molar-refractivity contribution is 5.32. The molecule has 0 spiro atoms. The predicted molar refractivity (Wildman–Crippen MR) is 64.2 cm³/mol. The van der Waals surface area contributed by atoms with Crippen molar-refractivity contribution in [3.63, 3.8) is 0 Å². The van der Waals surface area contributed by atoms with Gasteiger partial charge >= 0.3 is 5.69 Å². The van der Waals surface area contributed by atoms with E-state index in [9.17, 15) is 10.1 Å². The van der Waals surface area contributed by atoms with Gasteiger partial charge in [-0.3, -0.25) is 10.1 Å². The van der Waals surface area contributed by atoms with Crippen molar-refractivity contribution >= 4 is 11.6 Å². The molecule has 2 aromatic heterocycles. The molecule has 1 atom stereocenters. The predicted octanol–water partition coefficient (Wildman–Crippen LogP) is 2.46. The van der Waals surface area contributed by atoms with E-state index in [1.54, 1.807) is 0 Å². The molecule has 0 saturated heterocycles. The van der Waals surface area contributed by atoms with Crippen LogP contribution in [-0.2, 0) is 0 Å². The van der Waals surface area contributed by atoms with Gasteiger partial charge in [-0.05, 0) is 26.0 Å². The summed E-state index contributed by atoms with van der Waals surface area (Å²) in [6.45, 7) is 3.75. The van der Waals surface area contributed by atoms with Crippen LogP contribution in [0.1, 0.15) is 24.5 Å². The number of hydrogen-bond acceptors (Lipinski definition) is 6. The largest absolute Gasteiger partial charge is 0.464 e. The van der Waals surface area contributed by atoms with Gasteiger partial charge in [-0.2, -0.15) is 0 Å². The number of nitrogens with zero attached hydrogens (tertiary/aromatic N) is 3. The topological polar surface area (TPSA) is 94.1 Å². The second kappa shape index (κ2) is 4.82. The second-order valence-electron chi connectivity index (χ2n) is 3.84. The van der Waals surface area contributed by atoms with Gasteiger partial charge in [0, 0.05) is 0 Å². The third kappa shape index (κ3) is 2.62. The Hall–Kier alpha value is -2.44. The molecule has 1 N–H and O–H groups in total. The van der Waals surface area contributed by atoms with E-state index in [0.717, 1.165) is 23.9 Å². The maximum atomic E-state index is 10.4. The van der Waals surface area contributed by atoms with Crippen LogP contribution in [-0.4, -0.2) is 14.9 Å². The number of rotatable bonds is 4. The molecule has 2 aromatic rings. The van der Waals surface area contributed by atoms with Crippen LogP contribution in [0.15, 0.2) is 28.9 Å². The van der Waals surface area contributed by atoms with Gasteiger partial charge in [0.15, 0.2) is 0 Å². The number of nitro groups is 1. The van der Waals surface area contributed by atoms with Crippen molar-refractivity contribution in [2.24, 2.45) is 0 Å². The van der Waals surface area contributed by atoms with Crippen LogP contribution < -0.4 is 5.32 Å². The van der Waals surface area contributed by atoms with Gasteiger partial charge in [0.25, 0.3) is 0 Å². The minimum atomic E-state index is -0.539. The first-order chi connectivity index (χ1) is 8.56. The molecule has 18 heavy (non-hydrogen) atoms. The molecule has 0 aliphatic rings. The van der Waals surface area contributed by atoms with Crippen molar-refractivity contribution in [3.05, 3.63) is 46.2 Å². The Bertz CT molecular complexity index is 550. The Labute approximate surface area is 103 Å². The lowest BCUT2D eigenvalue weighted by Gasteiger charge is -2.10. The Kier molecular flexibility index (Phi) is 3.22. The van der Waals surface area contributed by atoms with Gasteiger partial charge in [0.05, 0.1) is 11.0 Å². The Morgan fingerprint density at radius 1 is 1.39 bits per heavy atom. The number of furan rings is 1. The van der Waals surface area contributed by atoms with Crippen molar-refractivity contribution in [2.45, 2.75) is 19.9 Å². The maximum Gasteiger partial charge on any atom is 0.305 e. The van der Waals surface area contributed by atoms with Gasteiger partial charge in [-0.25, -0.2) is 9.97 Å². The molecule has 0 aromatic carbocycles. The van der Waals surface area contributed by atoms with Gasteiger partial charge in [-0.1, -0.05) is 0 Å². The first-order valence-electron chi connectivity index (χ1n) is 5.35. The molecule has 1 unspecified atom stereocenters. The molecule has 2 rings (SSSR count). The average Bonchev–Trinajstić information content (AvgIpc) is 2.76. The van der Waals surface area contributed by atoms with Gasteiger partial charge < -0.3 is 9.73 Å². The summed E-state index contributed by atoms with van der Waals surface area (Å²) in [5.41, 5.74) is -0.137. The molecule has 0 aliphatic heterocycles. The number of aryl methyl sites for hydroxylation is 1. The summed E-state index contributed by atoms with van der Waals surface area (Å²) in [5.74, 6) is 1.90. The standard InChI is InChI=1S/C11H12N4O3/c1-7-3-4-10(18-7)8(2)14-11-12-5-9(6-13-11)15(16)17/h3-6,8H,1-2H3,(H,12,13,14). The number of anilines is 1. The highest BCUT2D eigenvalue weighted by atomic mass is 16.6. The van der Waals surface area contributed by atoms with E-state index in [0.29, 0.717) is 5.95 Å². The van der Waals surface area contributed by atoms with E-state index in [1.165, 1.54) is 0 Å². The zero-order valence-electron chi connectivity index (χ0n) is 9.95. The fourth-order valence-corrected chi connectivity index (χ4v) is 1.44. The molecule has 0 amide bonds. The molecule has 0 fully saturated rings. The van der Waals surface area contributed by atoms with E-state index >= 15 is 0 Å². The summed E-state index contributed by atoms with van der Waals surface area (Å²) < 4.78 is 5.45. The van der Waals surface area contributed by atoms with Crippen molar-refractivity contribution in [1.29, 1.82) is 0 Å². The summed E-state index contributed by atoms with van der Waals surface area (Å²) in [6, 6.07) is 3.61. The first kappa shape index (κ1) is 12.0. The van der Waals surface area contributed by atoms with Gasteiger partial charge in [0.2, 0.25) is 5.95 Å². The van der Waals surface area contributed by atoms with E-state index in [2.05, 4.69) is 15.3 Å². The molecule has 2 heterocycles. The van der Waals surface area contributed by atoms with Crippen molar-refractivity contribution < 1.29 is 9.34 Å². The van der Waals surface area contributed by atoms with Crippen LogP contribution in [0.25, 0.3) is 0 Å². The maximum absolute atomic E-state index is 10.4. The first-order valence-corrected chi connectivity index (χ1v) is 5.35. The van der Waals surface area contributed by atoms with Crippen LogP contribution in [0, 0.1) is 17.0 Å². The normalized spacial score (nSPS) is 12.1. The van der Waals surface area contributed by atoms with E-state index in [4.69, 9.17) is 4.42 Å². The summed E-state index contributed by atoms with van der Waals surface area (Å²) in [4.78, 5) is 17.6. The van der Waals surface area contributed by atoms with Crippen LogP contribution in [0.4, 0.5) is 11.6 Å². The minimum absolute atomic E-state index is 0.111. The lowest BCUT2D eigenvalue weighted by Crippen LogP contribution is -2.08. The molecule has 7 nitrogen and oxygen atoms in total. The van der Waals surface area contributed by atoms with Crippen molar-refractivity contribution in [2.75, 3.05) is 5.32 Å². The summed E-state index contributed by atoms with van der Waals surface area (Å²) in [7, 11) is 0. The highest BCUT2D eigenvalue weighted by Gasteiger charge is 2.12. The molecular weight excluding hydrogens is 236 g/mol. The van der Waals surface area contributed by atoms with Crippen LogP contribution in [0.2, 0.25) is 0 Å². The highest BCUT2D eigenvalue weighted by Crippen LogP contribution is 2.19. The SMILES string of the molecule is Cc1ccc(C(C)Nc2ncc([N+](=O)[O-])cn2)o1. The molecule has 0 bridgehead atoms. The molecule has 7 heteroatoms. The second-order valence-corrected chi connectivity index (χ2v) is 3.84. The molecule has 0 aliphatic carbocycles. The Balaban J connectivity index is 2.07. The molecule has 94 valence electrons. The lowest BCUT2D eigenvalue weighted by molar-refractivity contribution is -0.385. The van der Waals surface area contributed by atoms with E-state index in [-0.39, 0.29) is 11.7 Å². The summed E-state index contributed by atoms with van der Waals surface area (Å²) >= 11 is 0. The van der Waals surface area contributed by atoms with E-state index in [1.807, 2.05) is 26.0 Å². The Morgan fingerprint density at radius 2 is 2.06 bits per heavy atom. The van der Waals surface area contributed by atoms with Crippen LogP contribution >= 0.6 is 0 Å². The zero-order chi connectivity index (χ0) is 13.1. The zero-order valence-corrected chi connectivity index (χ0v) is 9.95. The van der Waals surface area contributed by atoms with Crippen molar-refractivity contribution in [1.82, 2.24) is 9.97 Å².